The standard InChI is InChI=1S/C17H8N4O2/c18-8-10-7-14-13(19-9-10)5-6-15(20-14)21-16(22)11-3-1-2-4-12(11)17(21)23/h1-7,9H. The molecule has 0 saturated heterocycles. The van der Waals surface area contributed by atoms with Gasteiger partial charge in [0.2, 0.25) is 0 Å². The molecular weight excluding hydrogens is 292 g/mol. The van der Waals surface area contributed by atoms with E-state index in [2.05, 4.69) is 9.97 Å². The molecule has 0 saturated carbocycles. The monoisotopic (exact) mass is 300 g/mol. The topological polar surface area (TPSA) is 87.0 Å². The Morgan fingerprint density at radius 1 is 0.957 bits per heavy atom. The Balaban J connectivity index is 1.86. The van der Waals surface area contributed by atoms with E-state index in [0.29, 0.717) is 27.7 Å². The number of pyridine rings is 2. The summed E-state index contributed by atoms with van der Waals surface area (Å²) in [6, 6.07) is 13.5. The lowest BCUT2D eigenvalue weighted by atomic mass is 10.1. The highest BCUT2D eigenvalue weighted by molar-refractivity contribution is 6.34. The van der Waals surface area contributed by atoms with Gasteiger partial charge in [-0.15, -0.1) is 0 Å². The lowest BCUT2D eigenvalue weighted by molar-refractivity contribution is 0.0925. The van der Waals surface area contributed by atoms with Gasteiger partial charge in [0.1, 0.15) is 11.9 Å². The van der Waals surface area contributed by atoms with E-state index in [0.717, 1.165) is 4.90 Å². The molecule has 0 radical (unpaired) electrons. The number of nitriles is 1. The second-order valence-electron chi connectivity index (χ2n) is 5.03. The fraction of sp³-hybridized carbons (Fsp3) is 0. The number of aromatic nitrogens is 2. The smallest absolute Gasteiger partial charge is 0.267 e. The molecule has 0 N–H and O–H groups in total. The van der Waals surface area contributed by atoms with Gasteiger partial charge in [0.15, 0.2) is 0 Å². The summed E-state index contributed by atoms with van der Waals surface area (Å²) in [5.41, 5.74) is 2.14. The van der Waals surface area contributed by atoms with E-state index in [1.54, 1.807) is 42.5 Å². The molecular formula is C17H8N4O2. The third kappa shape index (κ3) is 1.88. The van der Waals surface area contributed by atoms with Crippen LogP contribution in [0.4, 0.5) is 5.82 Å². The minimum absolute atomic E-state index is 0.223. The van der Waals surface area contributed by atoms with E-state index in [1.807, 2.05) is 6.07 Å². The second-order valence-corrected chi connectivity index (χ2v) is 5.03. The number of carbonyl (C=O) groups is 2. The Hall–Kier alpha value is -3.59. The Kier molecular flexibility index (Phi) is 2.68. The number of rotatable bonds is 1. The zero-order valence-electron chi connectivity index (χ0n) is 11.7. The largest absolute Gasteiger partial charge is 0.268 e. The van der Waals surface area contributed by atoms with Crippen LogP contribution in [0.25, 0.3) is 11.0 Å². The van der Waals surface area contributed by atoms with Crippen molar-refractivity contribution in [2.75, 3.05) is 4.90 Å². The van der Waals surface area contributed by atoms with Crippen LogP contribution in [0, 0.1) is 11.3 Å². The first kappa shape index (κ1) is 13.1. The summed E-state index contributed by atoms with van der Waals surface area (Å²) in [6.07, 6.45) is 1.45. The molecule has 0 atom stereocenters. The van der Waals surface area contributed by atoms with Crippen molar-refractivity contribution in [1.82, 2.24) is 9.97 Å². The molecule has 0 bridgehead atoms. The van der Waals surface area contributed by atoms with Gasteiger partial charge in [-0.2, -0.15) is 5.26 Å². The fourth-order valence-electron chi connectivity index (χ4n) is 2.58. The first-order chi connectivity index (χ1) is 11.2. The van der Waals surface area contributed by atoms with Crippen LogP contribution in [0.5, 0.6) is 0 Å². The zero-order valence-corrected chi connectivity index (χ0v) is 11.7. The molecule has 2 aromatic heterocycles. The van der Waals surface area contributed by atoms with Crippen molar-refractivity contribution in [2.24, 2.45) is 0 Å². The van der Waals surface area contributed by atoms with Crippen LogP contribution in [-0.2, 0) is 0 Å². The molecule has 1 aliphatic heterocycles. The lowest BCUT2D eigenvalue weighted by Crippen LogP contribution is -2.30. The third-order valence-electron chi connectivity index (χ3n) is 3.67. The first-order valence-electron chi connectivity index (χ1n) is 6.84. The highest BCUT2D eigenvalue weighted by Crippen LogP contribution is 2.28. The Morgan fingerprint density at radius 3 is 2.30 bits per heavy atom. The molecule has 1 aromatic carbocycles. The van der Waals surface area contributed by atoms with Gasteiger partial charge in [-0.1, -0.05) is 12.1 Å². The normalized spacial score (nSPS) is 13.3. The molecule has 1 aliphatic rings. The van der Waals surface area contributed by atoms with Gasteiger partial charge in [-0.25, -0.2) is 9.88 Å². The molecule has 0 unspecified atom stereocenters. The molecule has 3 aromatic rings. The van der Waals surface area contributed by atoms with Crippen molar-refractivity contribution in [2.45, 2.75) is 0 Å². The number of amides is 2. The van der Waals surface area contributed by atoms with Crippen molar-refractivity contribution < 1.29 is 9.59 Å². The molecule has 3 heterocycles. The van der Waals surface area contributed by atoms with E-state index < -0.39 is 11.8 Å². The summed E-state index contributed by atoms with van der Waals surface area (Å²) < 4.78 is 0. The minimum atomic E-state index is -0.401. The third-order valence-corrected chi connectivity index (χ3v) is 3.67. The van der Waals surface area contributed by atoms with Gasteiger partial charge in [0.25, 0.3) is 11.8 Å². The Bertz CT molecular complexity index is 1000. The van der Waals surface area contributed by atoms with Crippen LogP contribution >= 0.6 is 0 Å². The molecule has 23 heavy (non-hydrogen) atoms. The molecule has 2 amide bonds. The van der Waals surface area contributed by atoms with Crippen LogP contribution in [0.15, 0.2) is 48.7 Å². The number of fused-ring (bicyclic) bond motifs is 2. The van der Waals surface area contributed by atoms with Crippen molar-refractivity contribution in [1.29, 1.82) is 5.26 Å². The van der Waals surface area contributed by atoms with Gasteiger partial charge >= 0.3 is 0 Å². The van der Waals surface area contributed by atoms with Crippen molar-refractivity contribution in [3.05, 3.63) is 65.4 Å². The SMILES string of the molecule is N#Cc1cnc2ccc(N3C(=O)c4ccccc4C3=O)nc2c1. The summed E-state index contributed by atoms with van der Waals surface area (Å²) in [4.78, 5) is 34.4. The quantitative estimate of drug-likeness (QED) is 0.643. The van der Waals surface area contributed by atoms with Crippen molar-refractivity contribution in [3.63, 3.8) is 0 Å². The first-order valence-corrected chi connectivity index (χ1v) is 6.84. The van der Waals surface area contributed by atoms with Gasteiger partial charge in [0.05, 0.1) is 27.7 Å². The highest BCUT2D eigenvalue weighted by Gasteiger charge is 2.37. The van der Waals surface area contributed by atoms with Crippen molar-refractivity contribution >= 4 is 28.7 Å². The Morgan fingerprint density at radius 2 is 1.65 bits per heavy atom. The lowest BCUT2D eigenvalue weighted by Gasteiger charge is -2.13. The predicted molar refractivity (Wildman–Crippen MR) is 81.8 cm³/mol. The molecule has 108 valence electrons. The fourth-order valence-corrected chi connectivity index (χ4v) is 2.58. The van der Waals surface area contributed by atoms with Gasteiger partial charge in [-0.3, -0.25) is 14.6 Å². The summed E-state index contributed by atoms with van der Waals surface area (Å²) in [5, 5.41) is 8.94. The second kappa shape index (κ2) is 4.71. The molecule has 0 spiro atoms. The van der Waals surface area contributed by atoms with E-state index >= 15 is 0 Å². The predicted octanol–water partition coefficient (Wildman–Crippen LogP) is 2.30. The number of benzene rings is 1. The van der Waals surface area contributed by atoms with Gasteiger partial charge in [0, 0.05) is 6.20 Å². The van der Waals surface area contributed by atoms with E-state index in [9.17, 15) is 9.59 Å². The molecule has 0 fully saturated rings. The molecule has 4 rings (SSSR count). The van der Waals surface area contributed by atoms with E-state index in [1.165, 1.54) is 6.20 Å². The van der Waals surface area contributed by atoms with Crippen LogP contribution in [0.2, 0.25) is 0 Å². The maximum atomic E-state index is 12.5. The van der Waals surface area contributed by atoms with Gasteiger partial charge in [-0.05, 0) is 30.3 Å². The van der Waals surface area contributed by atoms with Crippen LogP contribution < -0.4 is 4.90 Å². The average molecular weight is 300 g/mol. The summed E-state index contributed by atoms with van der Waals surface area (Å²) >= 11 is 0. The highest BCUT2D eigenvalue weighted by atomic mass is 16.2. The van der Waals surface area contributed by atoms with Crippen LogP contribution in [0.3, 0.4) is 0 Å². The summed E-state index contributed by atoms with van der Waals surface area (Å²) in [7, 11) is 0. The maximum absolute atomic E-state index is 12.5. The summed E-state index contributed by atoms with van der Waals surface area (Å²) in [5.74, 6) is -0.579. The maximum Gasteiger partial charge on any atom is 0.267 e. The molecule has 0 aliphatic carbocycles. The minimum Gasteiger partial charge on any atom is -0.268 e. The zero-order chi connectivity index (χ0) is 16.0. The van der Waals surface area contributed by atoms with Gasteiger partial charge < -0.3 is 0 Å². The Labute approximate surface area is 130 Å². The van der Waals surface area contributed by atoms with E-state index in [4.69, 9.17) is 5.26 Å². The van der Waals surface area contributed by atoms with Crippen LogP contribution in [-0.4, -0.2) is 21.8 Å². The number of carbonyl (C=O) groups excluding carboxylic acids is 2. The van der Waals surface area contributed by atoms with Crippen molar-refractivity contribution in [3.8, 4) is 6.07 Å². The number of nitrogens with zero attached hydrogens (tertiary/aromatic N) is 4. The number of hydrogen-bond acceptors (Lipinski definition) is 5. The average Bonchev–Trinajstić information content (AvgIpc) is 2.85. The number of imide groups is 1. The van der Waals surface area contributed by atoms with Crippen LogP contribution in [0.1, 0.15) is 26.3 Å². The molecule has 6 heteroatoms. The summed E-state index contributed by atoms with van der Waals surface area (Å²) in [6.45, 7) is 0. The van der Waals surface area contributed by atoms with E-state index in [-0.39, 0.29) is 5.82 Å². The number of anilines is 1. The number of hydrogen-bond donors (Lipinski definition) is 0. The molecule has 6 nitrogen and oxygen atoms in total.